The lowest BCUT2D eigenvalue weighted by atomic mass is 9.85. The predicted molar refractivity (Wildman–Crippen MR) is 68.6 cm³/mol. The largest absolute Gasteiger partial charge is 0.468 e. The number of methoxy groups -OCH3 is 2. The summed E-state index contributed by atoms with van der Waals surface area (Å²) in [5, 5.41) is 0. The molecule has 1 aromatic rings. The summed E-state index contributed by atoms with van der Waals surface area (Å²) >= 11 is 3.18. The number of hydrogen-bond donors (Lipinski definition) is 1. The van der Waals surface area contributed by atoms with Gasteiger partial charge in [-0.15, -0.1) is 0 Å². The Kier molecular flexibility index (Phi) is 3.49. The van der Waals surface area contributed by atoms with E-state index in [0.717, 1.165) is 5.56 Å². The minimum Gasteiger partial charge on any atom is -0.468 e. The fourth-order valence-electron chi connectivity index (χ4n) is 2.38. The second-order valence-electron chi connectivity index (χ2n) is 4.35. The van der Waals surface area contributed by atoms with E-state index in [1.807, 2.05) is 0 Å². The Balaban J connectivity index is 2.54. The van der Waals surface area contributed by atoms with Gasteiger partial charge in [-0.25, -0.2) is 0 Å². The van der Waals surface area contributed by atoms with Crippen molar-refractivity contribution in [3.05, 3.63) is 32.2 Å². The van der Waals surface area contributed by atoms with Crippen LogP contribution in [0, 0.1) is 5.41 Å². The third-order valence-corrected chi connectivity index (χ3v) is 4.19. The molecule has 1 heterocycles. The molecule has 1 aromatic heterocycles. The molecular weight excluding hydrogens is 318 g/mol. The number of nitrogens with one attached hydrogen (secondary N) is 1. The van der Waals surface area contributed by atoms with Crippen LogP contribution >= 0.6 is 15.9 Å². The van der Waals surface area contributed by atoms with Gasteiger partial charge in [0.1, 0.15) is 0 Å². The quantitative estimate of drug-likeness (QED) is 0.633. The molecule has 0 spiro atoms. The summed E-state index contributed by atoms with van der Waals surface area (Å²) < 4.78 is 9.77. The molecule has 7 heteroatoms. The van der Waals surface area contributed by atoms with Crippen molar-refractivity contribution in [3.63, 3.8) is 0 Å². The average Bonchev–Trinajstić information content (AvgIpc) is 2.82. The Hall–Kier alpha value is -1.63. The number of esters is 2. The lowest BCUT2D eigenvalue weighted by molar-refractivity contribution is -0.168. The summed E-state index contributed by atoms with van der Waals surface area (Å²) in [7, 11) is 2.44. The van der Waals surface area contributed by atoms with Crippen molar-refractivity contribution < 1.29 is 19.1 Å². The van der Waals surface area contributed by atoms with Gasteiger partial charge in [0.05, 0.1) is 18.7 Å². The predicted octanol–water partition coefficient (Wildman–Crippen LogP) is 0.568. The fourth-order valence-corrected chi connectivity index (χ4v) is 2.89. The first-order chi connectivity index (χ1) is 8.96. The molecule has 0 aliphatic heterocycles. The summed E-state index contributed by atoms with van der Waals surface area (Å²) in [6.45, 7) is 0. The van der Waals surface area contributed by atoms with Crippen molar-refractivity contribution in [2.24, 2.45) is 5.41 Å². The van der Waals surface area contributed by atoms with Crippen LogP contribution in [0.4, 0.5) is 0 Å². The van der Waals surface area contributed by atoms with Gasteiger partial charge < -0.3 is 14.5 Å². The van der Waals surface area contributed by atoms with Crippen molar-refractivity contribution in [1.82, 2.24) is 4.98 Å². The van der Waals surface area contributed by atoms with Gasteiger partial charge in [0.15, 0.2) is 5.41 Å². The van der Waals surface area contributed by atoms with Gasteiger partial charge in [-0.1, -0.05) is 0 Å². The number of rotatable bonds is 2. The van der Waals surface area contributed by atoms with E-state index >= 15 is 0 Å². The number of pyridine rings is 1. The van der Waals surface area contributed by atoms with Gasteiger partial charge in [0.25, 0.3) is 5.56 Å². The molecule has 0 saturated heterocycles. The van der Waals surface area contributed by atoms with Gasteiger partial charge in [-0.3, -0.25) is 14.4 Å². The molecule has 1 N–H and O–H groups in total. The van der Waals surface area contributed by atoms with Crippen molar-refractivity contribution in [2.75, 3.05) is 14.2 Å². The number of halogens is 1. The minimum absolute atomic E-state index is 0.0895. The zero-order chi connectivity index (χ0) is 14.2. The SMILES string of the molecule is COC(=O)C1(C(=O)OC)Cc2c[nH]c(=O)c(Br)c2C1. The number of ether oxygens (including phenoxy) is 2. The Morgan fingerprint density at radius 1 is 1.26 bits per heavy atom. The summed E-state index contributed by atoms with van der Waals surface area (Å²) in [5.41, 5.74) is -0.346. The van der Waals surface area contributed by atoms with Crippen LogP contribution in [0.5, 0.6) is 0 Å². The topological polar surface area (TPSA) is 85.5 Å². The summed E-state index contributed by atoms with van der Waals surface area (Å²) in [4.78, 5) is 38.0. The normalized spacial score (nSPS) is 15.7. The summed E-state index contributed by atoms with van der Waals surface area (Å²) in [6.07, 6.45) is 1.75. The minimum atomic E-state index is -1.41. The molecule has 0 aromatic carbocycles. The van der Waals surface area contributed by atoms with Crippen molar-refractivity contribution in [2.45, 2.75) is 12.8 Å². The Morgan fingerprint density at radius 2 is 1.84 bits per heavy atom. The molecule has 0 bridgehead atoms. The van der Waals surface area contributed by atoms with Crippen LogP contribution in [0.3, 0.4) is 0 Å². The molecule has 0 fully saturated rings. The maximum Gasteiger partial charge on any atom is 0.323 e. The Bertz CT molecular complexity index is 591. The summed E-state index contributed by atoms with van der Waals surface area (Å²) in [6, 6.07) is 0. The Morgan fingerprint density at radius 3 is 2.37 bits per heavy atom. The van der Waals surface area contributed by atoms with E-state index in [9.17, 15) is 14.4 Å². The van der Waals surface area contributed by atoms with E-state index in [1.54, 1.807) is 0 Å². The average molecular weight is 330 g/mol. The number of aromatic amines is 1. The molecule has 0 unspecified atom stereocenters. The molecule has 0 saturated carbocycles. The third-order valence-electron chi connectivity index (χ3n) is 3.35. The van der Waals surface area contributed by atoms with Gasteiger partial charge >= 0.3 is 11.9 Å². The maximum absolute atomic E-state index is 12.0. The zero-order valence-electron chi connectivity index (χ0n) is 10.4. The van der Waals surface area contributed by atoms with Crippen LogP contribution in [0.25, 0.3) is 0 Å². The van der Waals surface area contributed by atoms with E-state index in [-0.39, 0.29) is 18.4 Å². The second-order valence-corrected chi connectivity index (χ2v) is 5.15. The molecule has 1 aliphatic carbocycles. The lowest BCUT2D eigenvalue weighted by Gasteiger charge is -2.22. The van der Waals surface area contributed by atoms with E-state index in [0.29, 0.717) is 10.0 Å². The fraction of sp³-hybridized carbons (Fsp3) is 0.417. The zero-order valence-corrected chi connectivity index (χ0v) is 12.0. The van der Waals surface area contributed by atoms with Gasteiger partial charge in [-0.05, 0) is 27.1 Å². The molecule has 1 aliphatic rings. The number of carbonyl (C=O) groups excluding carboxylic acids is 2. The molecule has 0 atom stereocenters. The van der Waals surface area contributed by atoms with Crippen LogP contribution in [-0.4, -0.2) is 31.1 Å². The molecular formula is C12H12BrNO5. The standard InChI is InChI=1S/C12H12BrNO5/c1-18-10(16)12(11(17)19-2)3-6-5-14-9(15)8(13)7(6)4-12/h5H,3-4H2,1-2H3,(H,14,15). The first-order valence-corrected chi connectivity index (χ1v) is 6.31. The number of carbonyl (C=O) groups is 2. The molecule has 102 valence electrons. The molecule has 6 nitrogen and oxygen atoms in total. The molecule has 19 heavy (non-hydrogen) atoms. The highest BCUT2D eigenvalue weighted by atomic mass is 79.9. The first kappa shape index (κ1) is 13.8. The van der Waals surface area contributed by atoms with Crippen LogP contribution in [-0.2, 0) is 31.9 Å². The molecule has 0 amide bonds. The monoisotopic (exact) mass is 329 g/mol. The van der Waals surface area contributed by atoms with E-state index in [1.165, 1.54) is 20.4 Å². The highest BCUT2D eigenvalue weighted by Gasteiger charge is 2.53. The highest BCUT2D eigenvalue weighted by molar-refractivity contribution is 9.10. The number of hydrogen-bond acceptors (Lipinski definition) is 5. The van der Waals surface area contributed by atoms with Crippen LogP contribution in [0.1, 0.15) is 11.1 Å². The third kappa shape index (κ3) is 1.98. The number of fused-ring (bicyclic) bond motifs is 1. The first-order valence-electron chi connectivity index (χ1n) is 5.52. The van der Waals surface area contributed by atoms with E-state index in [4.69, 9.17) is 9.47 Å². The van der Waals surface area contributed by atoms with Crippen molar-refractivity contribution >= 4 is 27.9 Å². The molecule has 0 radical (unpaired) electrons. The van der Waals surface area contributed by atoms with Crippen LogP contribution < -0.4 is 5.56 Å². The van der Waals surface area contributed by atoms with Gasteiger partial charge in [0, 0.05) is 19.0 Å². The Labute approximate surface area is 117 Å². The molecule has 2 rings (SSSR count). The smallest absolute Gasteiger partial charge is 0.323 e. The number of aromatic nitrogens is 1. The van der Waals surface area contributed by atoms with Crippen molar-refractivity contribution in [3.8, 4) is 0 Å². The van der Waals surface area contributed by atoms with Gasteiger partial charge in [-0.2, -0.15) is 0 Å². The maximum atomic E-state index is 12.0. The lowest BCUT2D eigenvalue weighted by Crippen LogP contribution is -2.42. The second kappa shape index (κ2) is 4.80. The van der Waals surface area contributed by atoms with E-state index in [2.05, 4.69) is 20.9 Å². The summed E-state index contributed by atoms with van der Waals surface area (Å²) in [5.74, 6) is -1.32. The highest BCUT2D eigenvalue weighted by Crippen LogP contribution is 2.40. The van der Waals surface area contributed by atoms with E-state index < -0.39 is 17.4 Å². The van der Waals surface area contributed by atoms with Crippen LogP contribution in [0.2, 0.25) is 0 Å². The number of H-pyrrole nitrogens is 1. The van der Waals surface area contributed by atoms with Gasteiger partial charge in [0.2, 0.25) is 0 Å². The van der Waals surface area contributed by atoms with Crippen molar-refractivity contribution in [1.29, 1.82) is 0 Å². The van der Waals surface area contributed by atoms with Crippen LogP contribution in [0.15, 0.2) is 15.5 Å².